The number of nitrogens with zero attached hydrogens (tertiary/aromatic N) is 4. The molecular formula is C25H25B3N6O2. The second-order valence-corrected chi connectivity index (χ2v) is 10.4. The normalized spacial score (nSPS) is 23.9. The van der Waals surface area contributed by atoms with Crippen molar-refractivity contribution in [2.24, 2.45) is 5.92 Å². The zero-order chi connectivity index (χ0) is 25.2. The van der Waals surface area contributed by atoms with E-state index >= 15 is 0 Å². The number of hydrogen-bond donors (Lipinski definition) is 2. The molecule has 176 valence electrons. The summed E-state index contributed by atoms with van der Waals surface area (Å²) in [4.78, 5) is 41.5. The Kier molecular flexibility index (Phi) is 5.52. The lowest BCUT2D eigenvalue weighted by Gasteiger charge is -2.35. The van der Waals surface area contributed by atoms with E-state index in [1.165, 1.54) is 0 Å². The number of pyridine rings is 3. The van der Waals surface area contributed by atoms with Crippen LogP contribution in [-0.2, 0) is 6.54 Å². The van der Waals surface area contributed by atoms with Crippen LogP contribution in [0.25, 0.3) is 11.0 Å². The Morgan fingerprint density at radius 1 is 1.14 bits per heavy atom. The van der Waals surface area contributed by atoms with Crippen LogP contribution in [0.3, 0.4) is 0 Å². The first-order valence-corrected chi connectivity index (χ1v) is 12.4. The second-order valence-electron chi connectivity index (χ2n) is 10.4. The van der Waals surface area contributed by atoms with Crippen molar-refractivity contribution >= 4 is 46.2 Å². The lowest BCUT2D eigenvalue weighted by molar-refractivity contribution is 0.0947. The standard InChI is InChI=1S/C25H25B3N6O2/c1-13-21-22(13)34(16-4-5-18(30-11-16)24(36)32-25(26,27)28)7-6-33(21)12-14-8-20-19(29-10-14)9-17(15-2-3-15)23(35)31-20/h4-5,8-11,13,15,21-22H,2-3,6-7,12H2,1H3,(H,31,35)(H,32,36). The van der Waals surface area contributed by atoms with Crippen LogP contribution in [0.15, 0.2) is 41.5 Å². The molecule has 8 nitrogen and oxygen atoms in total. The smallest absolute Gasteiger partial charge is 0.268 e. The van der Waals surface area contributed by atoms with Gasteiger partial charge in [-0.05, 0) is 54.5 Å². The van der Waals surface area contributed by atoms with Crippen molar-refractivity contribution in [1.29, 1.82) is 0 Å². The number of aromatic amines is 1. The molecule has 0 spiro atoms. The maximum absolute atomic E-state index is 12.5. The Hall–Kier alpha value is -3.07. The van der Waals surface area contributed by atoms with E-state index in [0.717, 1.165) is 60.3 Å². The fraction of sp³-hybridized carbons (Fsp3) is 0.440. The van der Waals surface area contributed by atoms with Crippen molar-refractivity contribution in [2.75, 3.05) is 18.0 Å². The topological polar surface area (TPSA) is 94.2 Å². The summed E-state index contributed by atoms with van der Waals surface area (Å²) in [5.74, 6) is 0.373. The van der Waals surface area contributed by atoms with Crippen molar-refractivity contribution in [1.82, 2.24) is 25.2 Å². The highest BCUT2D eigenvalue weighted by Crippen LogP contribution is 2.45. The highest BCUT2D eigenvalue weighted by molar-refractivity contribution is 6.60. The van der Waals surface area contributed by atoms with E-state index in [0.29, 0.717) is 23.9 Å². The number of aromatic nitrogens is 3. The predicted octanol–water partition coefficient (Wildman–Crippen LogP) is 0.751. The molecule has 3 atom stereocenters. The van der Waals surface area contributed by atoms with E-state index in [1.807, 2.05) is 18.3 Å². The second kappa shape index (κ2) is 8.51. The van der Waals surface area contributed by atoms with Gasteiger partial charge in [-0.1, -0.05) is 12.2 Å². The summed E-state index contributed by atoms with van der Waals surface area (Å²) in [7, 11) is 16.3. The summed E-state index contributed by atoms with van der Waals surface area (Å²) in [6.07, 6.45) is 5.81. The van der Waals surface area contributed by atoms with Gasteiger partial charge in [0.2, 0.25) is 0 Å². The van der Waals surface area contributed by atoms with Crippen molar-refractivity contribution in [3.05, 3.63) is 63.8 Å². The van der Waals surface area contributed by atoms with Gasteiger partial charge in [0, 0.05) is 43.5 Å². The van der Waals surface area contributed by atoms with E-state index in [2.05, 4.69) is 43.1 Å². The van der Waals surface area contributed by atoms with Crippen LogP contribution in [-0.4, -0.2) is 79.7 Å². The third-order valence-electron chi connectivity index (χ3n) is 7.52. The minimum absolute atomic E-state index is 0.0129. The lowest BCUT2D eigenvalue weighted by atomic mass is 9.49. The highest BCUT2D eigenvalue weighted by Gasteiger charge is 2.56. The number of amides is 1. The molecule has 1 amide bonds. The molecule has 0 bridgehead atoms. The molecule has 3 aromatic heterocycles. The van der Waals surface area contributed by atoms with E-state index in [9.17, 15) is 9.59 Å². The number of rotatable bonds is 6. The highest BCUT2D eigenvalue weighted by atomic mass is 16.2. The zero-order valence-corrected chi connectivity index (χ0v) is 20.1. The van der Waals surface area contributed by atoms with Gasteiger partial charge in [-0.3, -0.25) is 19.5 Å². The Balaban J connectivity index is 1.14. The van der Waals surface area contributed by atoms with Gasteiger partial charge in [-0.2, -0.15) is 0 Å². The fourth-order valence-corrected chi connectivity index (χ4v) is 5.57. The number of carbonyl (C=O) groups excluding carboxylic acids is 1. The molecular weight excluding hydrogens is 449 g/mol. The Morgan fingerprint density at radius 2 is 1.94 bits per heavy atom. The number of H-pyrrole nitrogens is 1. The molecule has 6 radical (unpaired) electrons. The maximum Gasteiger partial charge on any atom is 0.268 e. The fourth-order valence-electron chi connectivity index (χ4n) is 5.57. The Bertz CT molecular complexity index is 1390. The molecule has 4 heterocycles. The van der Waals surface area contributed by atoms with Gasteiger partial charge in [-0.15, -0.1) is 0 Å². The molecule has 2 N–H and O–H groups in total. The van der Waals surface area contributed by atoms with Gasteiger partial charge < -0.3 is 15.2 Å². The molecule has 3 aromatic rings. The number of anilines is 1. The number of nitrogens with one attached hydrogen (secondary N) is 2. The van der Waals surface area contributed by atoms with E-state index in [4.69, 9.17) is 23.5 Å². The summed E-state index contributed by atoms with van der Waals surface area (Å²) < 4.78 is 0. The molecule has 3 aliphatic rings. The SMILES string of the molecule is [B]C([B])([B])NC(=O)c1ccc(N2CCN(Cc3cnc4cc(C5CC5)c(=O)[nH]c4c3)C3C(C)C32)cn1. The first-order chi connectivity index (χ1) is 17.2. The molecule has 1 saturated heterocycles. The number of fused-ring (bicyclic) bond motifs is 2. The van der Waals surface area contributed by atoms with E-state index < -0.39 is 11.1 Å². The van der Waals surface area contributed by atoms with Gasteiger partial charge in [0.05, 0.1) is 46.5 Å². The quantitative estimate of drug-likeness (QED) is 0.513. The van der Waals surface area contributed by atoms with Crippen LogP contribution in [0.5, 0.6) is 0 Å². The Labute approximate surface area is 213 Å². The molecule has 2 aliphatic carbocycles. The molecule has 6 rings (SSSR count). The van der Waals surface area contributed by atoms with Crippen molar-refractivity contribution in [3.8, 4) is 0 Å². The molecule has 3 fully saturated rings. The van der Waals surface area contributed by atoms with E-state index in [-0.39, 0.29) is 11.3 Å². The number of piperazine rings is 1. The third kappa shape index (κ3) is 4.45. The van der Waals surface area contributed by atoms with E-state index in [1.54, 1.807) is 12.3 Å². The Morgan fingerprint density at radius 3 is 2.64 bits per heavy atom. The molecule has 1 aliphatic heterocycles. The monoisotopic (exact) mass is 474 g/mol. The van der Waals surface area contributed by atoms with Crippen molar-refractivity contribution in [2.45, 2.75) is 49.5 Å². The lowest BCUT2D eigenvalue weighted by Crippen LogP contribution is -2.50. The third-order valence-corrected chi connectivity index (χ3v) is 7.52. The van der Waals surface area contributed by atoms with Crippen LogP contribution >= 0.6 is 0 Å². The average Bonchev–Trinajstić information content (AvgIpc) is 3.76. The molecule has 36 heavy (non-hydrogen) atoms. The van der Waals surface area contributed by atoms with Crippen LogP contribution in [0, 0.1) is 5.92 Å². The minimum Gasteiger partial charge on any atom is -0.371 e. The molecule has 2 saturated carbocycles. The predicted molar refractivity (Wildman–Crippen MR) is 141 cm³/mol. The van der Waals surface area contributed by atoms with Crippen LogP contribution in [0.4, 0.5) is 5.69 Å². The van der Waals surface area contributed by atoms with Crippen LogP contribution < -0.4 is 15.8 Å². The summed E-state index contributed by atoms with van der Waals surface area (Å²) in [6, 6.07) is 8.35. The molecule has 11 heteroatoms. The largest absolute Gasteiger partial charge is 0.371 e. The van der Waals surface area contributed by atoms with Gasteiger partial charge in [0.15, 0.2) is 0 Å². The number of hydrogen-bond acceptors (Lipinski definition) is 6. The van der Waals surface area contributed by atoms with Crippen LogP contribution in [0.1, 0.15) is 47.3 Å². The maximum atomic E-state index is 12.5. The van der Waals surface area contributed by atoms with Crippen molar-refractivity contribution < 1.29 is 4.79 Å². The first kappa shape index (κ1) is 23.3. The minimum atomic E-state index is -1.79. The van der Waals surface area contributed by atoms with Gasteiger partial charge in [0.1, 0.15) is 5.69 Å². The van der Waals surface area contributed by atoms with Gasteiger partial charge in [0.25, 0.3) is 11.5 Å². The molecule has 3 unspecified atom stereocenters. The van der Waals surface area contributed by atoms with Gasteiger partial charge in [-0.25, -0.2) is 4.98 Å². The summed E-state index contributed by atoms with van der Waals surface area (Å²) in [5, 5.41) is 0.507. The average molecular weight is 474 g/mol. The summed E-state index contributed by atoms with van der Waals surface area (Å²) >= 11 is 0. The summed E-state index contributed by atoms with van der Waals surface area (Å²) in [6.45, 7) is 4.78. The van der Waals surface area contributed by atoms with Crippen molar-refractivity contribution in [3.63, 3.8) is 0 Å². The molecule has 0 aromatic carbocycles. The summed E-state index contributed by atoms with van der Waals surface area (Å²) in [5.41, 5.74) is 4.80. The first-order valence-electron chi connectivity index (χ1n) is 12.4. The van der Waals surface area contributed by atoms with Gasteiger partial charge >= 0.3 is 0 Å². The zero-order valence-electron chi connectivity index (χ0n) is 20.1. The van der Waals surface area contributed by atoms with Crippen LogP contribution in [0.2, 0.25) is 0 Å². The number of carbonyl (C=O) groups is 1.